The van der Waals surface area contributed by atoms with Crippen LogP contribution >= 0.6 is 0 Å². The minimum absolute atomic E-state index is 0. The molecule has 0 aliphatic carbocycles. The van der Waals surface area contributed by atoms with Crippen LogP contribution in [0.15, 0.2) is 54.6 Å². The molecule has 2 aliphatic rings. The third-order valence-electron chi connectivity index (χ3n) is 4.94. The number of rotatable bonds is 0. The van der Waals surface area contributed by atoms with Crippen molar-refractivity contribution in [2.24, 2.45) is 0 Å². The third-order valence-corrected chi connectivity index (χ3v) is 4.94. The molecule has 0 radical (unpaired) electrons. The van der Waals surface area contributed by atoms with Crippen LogP contribution in [0.5, 0.6) is 11.5 Å². The molecule has 1 atom stereocenters. The fourth-order valence-electron chi connectivity index (χ4n) is 3.81. The molecule has 0 amide bonds. The molecule has 0 N–H and O–H groups in total. The first-order chi connectivity index (χ1) is 12.1. The van der Waals surface area contributed by atoms with Crippen LogP contribution in [-0.4, -0.2) is 5.97 Å². The van der Waals surface area contributed by atoms with Crippen LogP contribution in [0.2, 0.25) is 0 Å². The summed E-state index contributed by atoms with van der Waals surface area (Å²) in [5.74, 6) is 1.01. The predicted octanol–water partition coefficient (Wildman–Crippen LogP) is 4.67. The second-order valence-corrected chi connectivity index (χ2v) is 6.60. The van der Waals surface area contributed by atoms with E-state index in [0.29, 0.717) is 17.1 Å². The van der Waals surface area contributed by atoms with E-state index in [0.717, 1.165) is 27.8 Å². The number of carbonyl (C=O) groups is 1. The van der Waals surface area contributed by atoms with Crippen LogP contribution in [0.25, 0.3) is 0 Å². The summed E-state index contributed by atoms with van der Waals surface area (Å²) in [6, 6.07) is 20.8. The van der Waals surface area contributed by atoms with E-state index >= 15 is 0 Å². The first-order valence-corrected chi connectivity index (χ1v) is 8.25. The van der Waals surface area contributed by atoms with Crippen molar-refractivity contribution >= 4 is 5.97 Å². The van der Waals surface area contributed by atoms with Crippen molar-refractivity contribution in [1.29, 1.82) is 0 Å². The molecule has 3 nitrogen and oxygen atoms in total. The van der Waals surface area contributed by atoms with E-state index in [4.69, 9.17) is 9.47 Å². The van der Waals surface area contributed by atoms with E-state index < -0.39 is 5.60 Å². The van der Waals surface area contributed by atoms with E-state index in [1.165, 1.54) is 0 Å². The van der Waals surface area contributed by atoms with E-state index in [1.807, 2.05) is 68.4 Å². The zero-order valence-corrected chi connectivity index (χ0v) is 17.3. The summed E-state index contributed by atoms with van der Waals surface area (Å²) in [5, 5.41) is 0. The molecule has 0 bridgehead atoms. The maximum absolute atomic E-state index is 12.6. The predicted molar refractivity (Wildman–Crippen MR) is 93.0 cm³/mol. The fraction of sp³-hybridized carbons (Fsp3) is 0.136. The Morgan fingerprint density at radius 2 is 1.69 bits per heavy atom. The molecule has 128 valence electrons. The molecule has 1 spiro atoms. The Hall–Kier alpha value is -2.38. The van der Waals surface area contributed by atoms with Gasteiger partial charge in [-0.25, -0.2) is 4.79 Å². The van der Waals surface area contributed by atoms with Crippen molar-refractivity contribution < 1.29 is 35.3 Å². The number of carbonyl (C=O) groups excluding carboxylic acids is 1. The molecular weight excluding hydrogens is 496 g/mol. The Kier molecular flexibility index (Phi) is 3.82. The second-order valence-electron chi connectivity index (χ2n) is 6.60. The molecule has 0 saturated heterocycles. The van der Waals surface area contributed by atoms with Crippen LogP contribution in [0.4, 0.5) is 0 Å². The van der Waals surface area contributed by atoms with Crippen LogP contribution in [0.3, 0.4) is 0 Å². The molecule has 3 aromatic carbocycles. The summed E-state index contributed by atoms with van der Waals surface area (Å²) in [4.78, 5) is 12.6. The van der Waals surface area contributed by atoms with Gasteiger partial charge < -0.3 is 9.47 Å². The standard InChI is InChI=1S/C22H15O3.W/c1-13-7-9-17-19(11-13)24-20-12-14(2)8-10-18(20)22(17)16-6-4-3-5-15(16)21(23)25-22;/h3-11H,1-2H3;/q-1;. The number of ether oxygens (including phenoxy) is 2. The second kappa shape index (κ2) is 5.82. The molecule has 0 saturated carbocycles. The normalized spacial score (nSPS) is 18.9. The van der Waals surface area contributed by atoms with Gasteiger partial charge >= 0.3 is 5.97 Å². The van der Waals surface area contributed by atoms with Crippen LogP contribution < -0.4 is 4.74 Å². The zero-order valence-electron chi connectivity index (χ0n) is 14.3. The van der Waals surface area contributed by atoms with Crippen LogP contribution in [-0.2, 0) is 31.4 Å². The van der Waals surface area contributed by atoms with Gasteiger partial charge in [-0.1, -0.05) is 42.8 Å². The van der Waals surface area contributed by atoms with Crippen molar-refractivity contribution in [3.05, 3.63) is 94.0 Å². The van der Waals surface area contributed by atoms with Crippen molar-refractivity contribution in [3.8, 4) is 11.5 Å². The zero-order chi connectivity index (χ0) is 17.2. The monoisotopic (exact) mass is 511 g/mol. The van der Waals surface area contributed by atoms with Gasteiger partial charge in [0, 0.05) is 37.9 Å². The summed E-state index contributed by atoms with van der Waals surface area (Å²) in [5.41, 5.74) is 4.20. The first-order valence-electron chi connectivity index (χ1n) is 8.25. The number of benzene rings is 3. The summed E-state index contributed by atoms with van der Waals surface area (Å²) in [6.07, 6.45) is 0. The van der Waals surface area contributed by atoms with E-state index in [-0.39, 0.29) is 27.0 Å². The van der Waals surface area contributed by atoms with E-state index in [2.05, 4.69) is 6.07 Å². The number of esters is 1. The minimum Gasteiger partial charge on any atom is -0.482 e. The topological polar surface area (TPSA) is 35.5 Å². The van der Waals surface area contributed by atoms with Gasteiger partial charge in [0.1, 0.15) is 5.75 Å². The number of aryl methyl sites for hydroxylation is 2. The summed E-state index contributed by atoms with van der Waals surface area (Å²) in [6.45, 7) is 3.98. The first kappa shape index (κ1) is 17.1. The molecule has 0 fully saturated rings. The van der Waals surface area contributed by atoms with Crippen molar-refractivity contribution in [2.45, 2.75) is 19.4 Å². The molecule has 0 aromatic heterocycles. The molecule has 5 rings (SSSR count). The van der Waals surface area contributed by atoms with Gasteiger partial charge in [-0.2, -0.15) is 17.7 Å². The molecule has 26 heavy (non-hydrogen) atoms. The Morgan fingerprint density at radius 3 is 2.54 bits per heavy atom. The number of hydrogen-bond donors (Lipinski definition) is 0. The maximum Gasteiger partial charge on any atom is 0.339 e. The SMILES string of the molecule is Cc1[c-]c2c(cc1)C1(OC(=O)c3ccccc31)c1ccc(C)cc1O2.[W]. The summed E-state index contributed by atoms with van der Waals surface area (Å²) < 4.78 is 12.2. The molecule has 2 heterocycles. The molecule has 3 aromatic rings. The van der Waals surface area contributed by atoms with Gasteiger partial charge in [-0.05, 0) is 24.6 Å². The molecular formula is C22H15O3W-. The summed E-state index contributed by atoms with van der Waals surface area (Å²) >= 11 is 0. The van der Waals surface area contributed by atoms with Gasteiger partial charge in [-0.3, -0.25) is 0 Å². The average molecular weight is 511 g/mol. The Balaban J connectivity index is 0.00000168. The van der Waals surface area contributed by atoms with Crippen molar-refractivity contribution in [3.63, 3.8) is 0 Å². The quantitative estimate of drug-likeness (QED) is 0.325. The van der Waals surface area contributed by atoms with Crippen molar-refractivity contribution in [1.82, 2.24) is 0 Å². The Labute approximate surface area is 166 Å². The molecule has 4 heteroatoms. The number of fused-ring (bicyclic) bond motifs is 6. The molecule has 1 unspecified atom stereocenters. The van der Waals surface area contributed by atoms with Gasteiger partial charge in [0.15, 0.2) is 5.60 Å². The van der Waals surface area contributed by atoms with Gasteiger partial charge in [0.05, 0.1) is 5.56 Å². The van der Waals surface area contributed by atoms with Gasteiger partial charge in [-0.15, -0.1) is 6.07 Å². The Morgan fingerprint density at radius 1 is 0.923 bits per heavy atom. The largest absolute Gasteiger partial charge is 0.482 e. The van der Waals surface area contributed by atoms with Crippen LogP contribution in [0, 0.1) is 19.9 Å². The Bertz CT molecular complexity index is 1000. The fourth-order valence-corrected chi connectivity index (χ4v) is 3.81. The van der Waals surface area contributed by atoms with Gasteiger partial charge in [0.2, 0.25) is 0 Å². The minimum atomic E-state index is -0.978. The smallest absolute Gasteiger partial charge is 0.339 e. The summed E-state index contributed by atoms with van der Waals surface area (Å²) in [7, 11) is 0. The van der Waals surface area contributed by atoms with Crippen molar-refractivity contribution in [2.75, 3.05) is 0 Å². The molecule has 2 aliphatic heterocycles. The maximum atomic E-state index is 12.6. The van der Waals surface area contributed by atoms with Gasteiger partial charge in [0.25, 0.3) is 0 Å². The van der Waals surface area contributed by atoms with E-state index in [9.17, 15) is 4.79 Å². The third kappa shape index (κ3) is 2.13. The number of hydrogen-bond acceptors (Lipinski definition) is 3. The van der Waals surface area contributed by atoms with E-state index in [1.54, 1.807) is 0 Å². The van der Waals surface area contributed by atoms with Crippen LogP contribution in [0.1, 0.15) is 38.2 Å². The average Bonchev–Trinajstić information content (AvgIpc) is 2.88.